The van der Waals surface area contributed by atoms with Crippen molar-refractivity contribution < 1.29 is 4.74 Å². The predicted octanol–water partition coefficient (Wildman–Crippen LogP) is 6.71. The Labute approximate surface area is 203 Å². The normalized spacial score (nSPS) is 13.2. The smallest absolute Gasteiger partial charge is 0.123 e. The van der Waals surface area contributed by atoms with Gasteiger partial charge in [-0.2, -0.15) is 0 Å². The summed E-state index contributed by atoms with van der Waals surface area (Å²) in [4.78, 5) is 0. The molecule has 0 spiro atoms. The molecular weight excluding hydrogens is 507 g/mol. The van der Waals surface area contributed by atoms with Crippen LogP contribution in [0.4, 0.5) is 0 Å². The molecule has 0 heterocycles. The largest absolute Gasteiger partial charge is 0.376 e. The molecule has 3 rings (SSSR count). The molecule has 1 nitrogen and oxygen atoms in total. The van der Waals surface area contributed by atoms with Crippen molar-refractivity contribution in [3.8, 4) is 0 Å². The van der Waals surface area contributed by atoms with E-state index in [-0.39, 0.29) is 5.04 Å². The molecule has 0 aliphatic rings. The van der Waals surface area contributed by atoms with Gasteiger partial charge in [-0.3, -0.25) is 0 Å². The summed E-state index contributed by atoms with van der Waals surface area (Å²) in [5, 5.41) is 3.27. The summed E-state index contributed by atoms with van der Waals surface area (Å²) in [6.07, 6.45) is 1.19. The fraction of sp³-hybridized carbons (Fsp3) is 0.357. The van der Waals surface area contributed by atoms with Crippen molar-refractivity contribution in [2.75, 3.05) is 11.0 Å². The van der Waals surface area contributed by atoms with E-state index in [1.165, 1.54) is 28.4 Å². The second kappa shape index (κ2) is 11.4. The zero-order chi connectivity index (χ0) is 22.2. The van der Waals surface area contributed by atoms with E-state index in [1.807, 2.05) is 0 Å². The van der Waals surface area contributed by atoms with Gasteiger partial charge >= 0.3 is 0 Å². The molecule has 3 heteroatoms. The Hall–Kier alpha value is -1.43. The average Bonchev–Trinajstić information content (AvgIpc) is 2.78. The molecule has 0 radical (unpaired) electrons. The summed E-state index contributed by atoms with van der Waals surface area (Å²) < 4.78 is 7.45. The molecule has 0 unspecified atom stereocenters. The van der Waals surface area contributed by atoms with Crippen molar-refractivity contribution in [2.45, 2.75) is 44.9 Å². The van der Waals surface area contributed by atoms with Gasteiger partial charge in [0.25, 0.3) is 0 Å². The summed E-state index contributed by atoms with van der Waals surface area (Å²) in [5.41, 5.74) is 1.25. The van der Waals surface area contributed by atoms with E-state index in [4.69, 9.17) is 4.74 Å². The highest BCUT2D eigenvalue weighted by Gasteiger charge is 2.48. The first-order chi connectivity index (χ1) is 15.0. The molecule has 3 aromatic carbocycles. The van der Waals surface area contributed by atoms with Gasteiger partial charge in [0.05, 0.1) is 6.61 Å². The Balaban J connectivity index is 1.93. The van der Waals surface area contributed by atoms with Gasteiger partial charge < -0.3 is 4.74 Å². The third-order valence-corrected chi connectivity index (χ3v) is 13.4. The van der Waals surface area contributed by atoms with Crippen LogP contribution in [0.3, 0.4) is 0 Å². The summed E-state index contributed by atoms with van der Waals surface area (Å²) in [6, 6.07) is 34.4. The van der Waals surface area contributed by atoms with E-state index in [0.29, 0.717) is 12.5 Å². The Morgan fingerprint density at radius 2 is 1.26 bits per heavy atom. The van der Waals surface area contributed by atoms with E-state index in [0.717, 1.165) is 11.0 Å². The summed E-state index contributed by atoms with van der Waals surface area (Å²) in [5.74, 6) is 0.548. The molecule has 0 amide bonds. The molecule has 3 aromatic rings. The molecule has 0 N–H and O–H groups in total. The van der Waals surface area contributed by atoms with Crippen LogP contribution in [0, 0.1) is 5.92 Å². The third kappa shape index (κ3) is 6.08. The number of halogens is 1. The van der Waals surface area contributed by atoms with E-state index in [2.05, 4.69) is 134 Å². The number of hydrogen-bond donors (Lipinski definition) is 0. The van der Waals surface area contributed by atoms with Crippen molar-refractivity contribution in [2.24, 2.45) is 5.92 Å². The Kier molecular flexibility index (Phi) is 8.93. The maximum atomic E-state index is 6.28. The van der Waals surface area contributed by atoms with Crippen LogP contribution in [0.5, 0.6) is 0 Å². The molecule has 1 atom stereocenters. The van der Waals surface area contributed by atoms with Crippen molar-refractivity contribution in [1.29, 1.82) is 0 Å². The average molecular weight is 543 g/mol. The van der Waals surface area contributed by atoms with E-state index in [1.54, 1.807) is 0 Å². The number of rotatable bonds is 10. The first-order valence-corrected chi connectivity index (χ1v) is 15.0. The molecule has 164 valence electrons. The molecule has 0 saturated heterocycles. The van der Waals surface area contributed by atoms with Crippen molar-refractivity contribution in [3.05, 3.63) is 96.6 Å². The van der Waals surface area contributed by atoms with Gasteiger partial charge in [0, 0.05) is 6.61 Å². The van der Waals surface area contributed by atoms with Crippen LogP contribution in [0.1, 0.15) is 32.8 Å². The fourth-order valence-electron chi connectivity index (χ4n) is 4.77. The van der Waals surface area contributed by atoms with Crippen LogP contribution in [0.15, 0.2) is 91.0 Å². The van der Waals surface area contributed by atoms with Crippen LogP contribution in [-0.2, 0) is 11.3 Å². The van der Waals surface area contributed by atoms with Gasteiger partial charge in [0.2, 0.25) is 0 Å². The van der Waals surface area contributed by atoms with Gasteiger partial charge in [-0.1, -0.05) is 145 Å². The van der Waals surface area contributed by atoms with E-state index < -0.39 is 8.07 Å². The maximum absolute atomic E-state index is 6.28. The second-order valence-electron chi connectivity index (χ2n) is 9.44. The van der Waals surface area contributed by atoms with Crippen molar-refractivity contribution in [3.63, 3.8) is 0 Å². The molecule has 31 heavy (non-hydrogen) atoms. The number of ether oxygens (including phenoxy) is 1. The lowest BCUT2D eigenvalue weighted by Gasteiger charge is -2.46. The Morgan fingerprint density at radius 3 is 1.71 bits per heavy atom. The van der Waals surface area contributed by atoms with Gasteiger partial charge in [-0.25, -0.2) is 0 Å². The summed E-state index contributed by atoms with van der Waals surface area (Å²) >= 11 is 2.53. The lowest BCUT2D eigenvalue weighted by Crippen LogP contribution is -2.65. The van der Waals surface area contributed by atoms with Gasteiger partial charge in [0.1, 0.15) is 8.07 Å². The molecule has 0 saturated carbocycles. The van der Waals surface area contributed by atoms with Crippen molar-refractivity contribution in [1.82, 2.24) is 0 Å². The van der Waals surface area contributed by atoms with Crippen LogP contribution < -0.4 is 10.4 Å². The third-order valence-electron chi connectivity index (χ3n) is 6.39. The number of hydrogen-bond acceptors (Lipinski definition) is 1. The zero-order valence-electron chi connectivity index (χ0n) is 19.1. The molecule has 0 bridgehead atoms. The zero-order valence-corrected chi connectivity index (χ0v) is 22.2. The lowest BCUT2D eigenvalue weighted by atomic mass is 10.1. The maximum Gasteiger partial charge on any atom is 0.123 e. The molecule has 0 aromatic heterocycles. The highest BCUT2D eigenvalue weighted by molar-refractivity contribution is 14.1. The standard InChI is InChI=1S/C28H35IOSi/c1-28(2,3)31(26-15-9-5-10-16-26,27-17-11-6-12-18-27)23-25(19-20-29)22-30-21-24-13-7-4-8-14-24/h4-18,25H,19-23H2,1-3H3/t25-/m1/s1. The van der Waals surface area contributed by atoms with Crippen LogP contribution in [0.25, 0.3) is 0 Å². The highest BCUT2D eigenvalue weighted by atomic mass is 127. The minimum Gasteiger partial charge on any atom is -0.376 e. The summed E-state index contributed by atoms with van der Waals surface area (Å²) in [6.45, 7) is 8.86. The minimum atomic E-state index is -2.06. The Bertz CT molecular complexity index is 851. The van der Waals surface area contributed by atoms with Crippen LogP contribution >= 0.6 is 22.6 Å². The quantitative estimate of drug-likeness (QED) is 0.157. The predicted molar refractivity (Wildman–Crippen MR) is 146 cm³/mol. The molecule has 0 aliphatic heterocycles. The van der Waals surface area contributed by atoms with Crippen LogP contribution in [-0.4, -0.2) is 19.1 Å². The molecule has 0 aliphatic carbocycles. The highest BCUT2D eigenvalue weighted by Crippen LogP contribution is 2.41. The summed E-state index contributed by atoms with van der Waals surface area (Å²) in [7, 11) is -2.06. The van der Waals surface area contributed by atoms with Gasteiger partial charge in [-0.05, 0) is 33.4 Å². The topological polar surface area (TPSA) is 9.23 Å². The minimum absolute atomic E-state index is 0.193. The Morgan fingerprint density at radius 1 is 0.774 bits per heavy atom. The second-order valence-corrected chi connectivity index (χ2v) is 15.4. The number of alkyl halides is 1. The lowest BCUT2D eigenvalue weighted by molar-refractivity contribution is 0.0910. The monoisotopic (exact) mass is 542 g/mol. The number of benzene rings is 3. The van der Waals surface area contributed by atoms with Gasteiger partial charge in [0.15, 0.2) is 0 Å². The molecule has 0 fully saturated rings. The molecular formula is C28H35IOSi. The SMILES string of the molecule is CC(C)(C)[Si](C[C@H](CCI)COCc1ccccc1)(c1ccccc1)c1ccccc1. The van der Waals surface area contributed by atoms with E-state index >= 15 is 0 Å². The first-order valence-electron chi connectivity index (χ1n) is 11.3. The first kappa shape index (κ1) is 24.2. The fourth-order valence-corrected chi connectivity index (χ4v) is 11.5. The van der Waals surface area contributed by atoms with Gasteiger partial charge in [-0.15, -0.1) is 0 Å². The van der Waals surface area contributed by atoms with Crippen LogP contribution in [0.2, 0.25) is 11.1 Å². The van der Waals surface area contributed by atoms with Crippen molar-refractivity contribution >= 4 is 41.0 Å². The van der Waals surface area contributed by atoms with E-state index in [9.17, 15) is 0 Å².